The van der Waals surface area contributed by atoms with Crippen molar-refractivity contribution in [2.75, 3.05) is 45.1 Å². The fraction of sp³-hybridized carbons (Fsp3) is 0.500. The molecule has 4 atom stereocenters. The van der Waals surface area contributed by atoms with Gasteiger partial charge in [-0.05, 0) is 81.6 Å². The molecule has 0 saturated carbocycles. The number of nitrogens with zero attached hydrogens (tertiary/aromatic N) is 3. The number of hydrogen-bond acceptors (Lipinski definition) is 5. The van der Waals surface area contributed by atoms with Crippen molar-refractivity contribution in [1.82, 2.24) is 20.1 Å². The lowest BCUT2D eigenvalue weighted by atomic mass is 9.75. The van der Waals surface area contributed by atoms with Crippen molar-refractivity contribution < 1.29 is 9.59 Å². The van der Waals surface area contributed by atoms with Crippen LogP contribution in [0.25, 0.3) is 0 Å². The number of nitrogens with one attached hydrogen (secondary N) is 2. The van der Waals surface area contributed by atoms with Gasteiger partial charge in [0.1, 0.15) is 0 Å². The lowest BCUT2D eigenvalue weighted by molar-refractivity contribution is -0.00803. The van der Waals surface area contributed by atoms with E-state index >= 15 is 0 Å². The van der Waals surface area contributed by atoms with E-state index in [-0.39, 0.29) is 11.8 Å². The van der Waals surface area contributed by atoms with E-state index in [9.17, 15) is 9.59 Å². The number of carbonyl (C=O) groups excluding carboxylic acids is 2. The predicted octanol–water partition coefficient (Wildman–Crippen LogP) is 3.29. The summed E-state index contributed by atoms with van der Waals surface area (Å²) in [5.74, 6) is 1.43. The summed E-state index contributed by atoms with van der Waals surface area (Å²) in [4.78, 5) is 33.2. The van der Waals surface area contributed by atoms with Crippen LogP contribution < -0.4 is 10.6 Å². The Bertz CT molecular complexity index is 933. The number of pyridine rings is 1. The Kier molecular flexibility index (Phi) is 7.73. The number of aromatic nitrogens is 1. The first-order chi connectivity index (χ1) is 16.0. The predicted molar refractivity (Wildman–Crippen MR) is 130 cm³/mol. The first kappa shape index (κ1) is 23.4. The largest absolute Gasteiger partial charge is 0.336 e. The van der Waals surface area contributed by atoms with Crippen LogP contribution in [-0.2, 0) is 6.42 Å². The summed E-state index contributed by atoms with van der Waals surface area (Å²) in [6, 6.07) is 13.3. The number of hydrogen-bond donors (Lipinski definition) is 2. The van der Waals surface area contributed by atoms with Crippen LogP contribution in [0, 0.1) is 11.8 Å². The normalized spacial score (nSPS) is 24.0. The minimum Gasteiger partial charge on any atom is -0.336 e. The fourth-order valence-corrected chi connectivity index (χ4v) is 5.19. The highest BCUT2D eigenvalue weighted by Crippen LogP contribution is 2.36. The Morgan fingerprint density at radius 3 is 2.67 bits per heavy atom. The van der Waals surface area contributed by atoms with Gasteiger partial charge in [0.25, 0.3) is 0 Å². The highest BCUT2D eigenvalue weighted by molar-refractivity contribution is 5.95. The molecule has 7 heteroatoms. The van der Waals surface area contributed by atoms with E-state index in [1.165, 1.54) is 13.3 Å². The summed E-state index contributed by atoms with van der Waals surface area (Å²) in [7, 11) is 2.22. The zero-order valence-corrected chi connectivity index (χ0v) is 19.7. The monoisotopic (exact) mass is 449 g/mol. The number of benzene rings is 1. The molecule has 2 N–H and O–H groups in total. The SMILES string of the molecule is CC(=O)c1ccc(NC(=O)NC[C@H]2C[C@@H]3CCN2C[C@@H]3CN(C)CCc2ccccn2)cc1. The van der Waals surface area contributed by atoms with Crippen molar-refractivity contribution in [1.29, 1.82) is 0 Å². The number of Topliss-reactive ketones (excluding diaryl/α,β-unsaturated/α-hetero) is 1. The van der Waals surface area contributed by atoms with Crippen molar-refractivity contribution in [3.63, 3.8) is 0 Å². The third-order valence-corrected chi connectivity index (χ3v) is 7.08. The van der Waals surface area contributed by atoms with Crippen LogP contribution in [0.5, 0.6) is 0 Å². The average molecular weight is 450 g/mol. The van der Waals surface area contributed by atoms with E-state index in [0.29, 0.717) is 29.8 Å². The summed E-state index contributed by atoms with van der Waals surface area (Å²) in [5, 5.41) is 5.90. The maximum absolute atomic E-state index is 12.4. The van der Waals surface area contributed by atoms with Crippen LogP contribution in [0.3, 0.4) is 0 Å². The van der Waals surface area contributed by atoms with E-state index in [0.717, 1.165) is 50.6 Å². The quantitative estimate of drug-likeness (QED) is 0.575. The molecule has 3 aliphatic rings. The van der Waals surface area contributed by atoms with Crippen LogP contribution in [0.1, 0.15) is 35.8 Å². The number of piperidine rings is 3. The van der Waals surface area contributed by atoms with Crippen molar-refractivity contribution in [3.8, 4) is 0 Å². The molecule has 4 heterocycles. The van der Waals surface area contributed by atoms with Crippen molar-refractivity contribution in [3.05, 3.63) is 59.9 Å². The third kappa shape index (κ3) is 6.39. The third-order valence-electron chi connectivity index (χ3n) is 7.08. The number of urea groups is 1. The Morgan fingerprint density at radius 1 is 1.18 bits per heavy atom. The maximum atomic E-state index is 12.4. The highest BCUT2D eigenvalue weighted by atomic mass is 16.2. The van der Waals surface area contributed by atoms with Gasteiger partial charge in [-0.15, -0.1) is 0 Å². The number of rotatable bonds is 9. The van der Waals surface area contributed by atoms with Gasteiger partial charge in [0.05, 0.1) is 0 Å². The molecule has 33 heavy (non-hydrogen) atoms. The zero-order chi connectivity index (χ0) is 23.2. The Morgan fingerprint density at radius 2 is 2.00 bits per heavy atom. The number of carbonyl (C=O) groups is 2. The molecule has 0 spiro atoms. The molecule has 1 unspecified atom stereocenters. The van der Waals surface area contributed by atoms with E-state index in [1.807, 2.05) is 18.3 Å². The lowest BCUT2D eigenvalue weighted by Gasteiger charge is -2.50. The Balaban J connectivity index is 1.19. The number of anilines is 1. The smallest absolute Gasteiger partial charge is 0.319 e. The standard InChI is InChI=1S/C26H35N5O2/c1-19(32)20-6-8-24(9-7-20)29-26(33)28-16-25-15-21-10-14-31(25)18-22(21)17-30(2)13-11-23-5-3-4-12-27-23/h3-9,12,21-22,25H,10-11,13-18H2,1-2H3,(H2,28,29,33)/t21-,22-,25+/m0/s1. The molecular weight excluding hydrogens is 414 g/mol. The van der Waals surface area contributed by atoms with Gasteiger partial charge < -0.3 is 15.5 Å². The number of amides is 2. The molecule has 2 amide bonds. The summed E-state index contributed by atoms with van der Waals surface area (Å²) < 4.78 is 0. The molecule has 3 saturated heterocycles. The van der Waals surface area contributed by atoms with Crippen LogP contribution >= 0.6 is 0 Å². The van der Waals surface area contributed by atoms with Gasteiger partial charge in [0.15, 0.2) is 5.78 Å². The molecule has 1 aromatic carbocycles. The summed E-state index contributed by atoms with van der Waals surface area (Å²) in [5.41, 5.74) is 2.48. The number of likely N-dealkylation sites (N-methyl/N-ethyl adjacent to an activating group) is 1. The van der Waals surface area contributed by atoms with E-state index in [4.69, 9.17) is 0 Å². The van der Waals surface area contributed by atoms with Gasteiger partial charge in [-0.2, -0.15) is 0 Å². The van der Waals surface area contributed by atoms with Gasteiger partial charge in [0, 0.05) is 61.8 Å². The second kappa shape index (κ2) is 10.9. The van der Waals surface area contributed by atoms with Gasteiger partial charge in [-0.3, -0.25) is 14.7 Å². The first-order valence-corrected chi connectivity index (χ1v) is 12.0. The molecule has 1 aromatic heterocycles. The van der Waals surface area contributed by atoms with Crippen molar-refractivity contribution >= 4 is 17.5 Å². The average Bonchev–Trinajstić information content (AvgIpc) is 2.83. The number of ketones is 1. The molecule has 3 aliphatic heterocycles. The molecule has 0 radical (unpaired) electrons. The molecule has 7 nitrogen and oxygen atoms in total. The van der Waals surface area contributed by atoms with E-state index < -0.39 is 0 Å². The summed E-state index contributed by atoms with van der Waals surface area (Å²) >= 11 is 0. The van der Waals surface area contributed by atoms with Crippen LogP contribution in [0.4, 0.5) is 10.5 Å². The van der Waals surface area contributed by atoms with E-state index in [2.05, 4.69) is 38.5 Å². The topological polar surface area (TPSA) is 77.6 Å². The highest BCUT2D eigenvalue weighted by Gasteiger charge is 2.40. The van der Waals surface area contributed by atoms with Gasteiger partial charge >= 0.3 is 6.03 Å². The Labute approximate surface area is 196 Å². The Hall–Kier alpha value is -2.77. The van der Waals surface area contributed by atoms with Crippen LogP contribution in [-0.4, -0.2) is 72.4 Å². The molecule has 176 valence electrons. The first-order valence-electron chi connectivity index (χ1n) is 12.0. The number of fused-ring (bicyclic) bond motifs is 3. The molecule has 2 bridgehead atoms. The van der Waals surface area contributed by atoms with Crippen LogP contribution in [0.15, 0.2) is 48.7 Å². The van der Waals surface area contributed by atoms with Gasteiger partial charge in [-0.25, -0.2) is 4.79 Å². The molecule has 5 rings (SSSR count). The van der Waals surface area contributed by atoms with Gasteiger partial charge in [0.2, 0.25) is 0 Å². The van der Waals surface area contributed by atoms with Crippen molar-refractivity contribution in [2.45, 2.75) is 32.2 Å². The van der Waals surface area contributed by atoms with Crippen molar-refractivity contribution in [2.24, 2.45) is 11.8 Å². The van der Waals surface area contributed by atoms with E-state index in [1.54, 1.807) is 24.3 Å². The molecule has 0 aliphatic carbocycles. The fourth-order valence-electron chi connectivity index (χ4n) is 5.19. The summed E-state index contributed by atoms with van der Waals surface area (Å²) in [6.45, 7) is 6.57. The van der Waals surface area contributed by atoms with Crippen LogP contribution in [0.2, 0.25) is 0 Å². The molecular formula is C26H35N5O2. The molecule has 2 aromatic rings. The summed E-state index contributed by atoms with van der Waals surface area (Å²) in [6.07, 6.45) is 5.25. The zero-order valence-electron chi connectivity index (χ0n) is 19.7. The lowest BCUT2D eigenvalue weighted by Crippen LogP contribution is -2.58. The van der Waals surface area contributed by atoms with Gasteiger partial charge in [-0.1, -0.05) is 6.07 Å². The second-order valence-electron chi connectivity index (χ2n) is 9.50. The minimum atomic E-state index is -0.195. The minimum absolute atomic E-state index is 0.0186. The second-order valence-corrected chi connectivity index (χ2v) is 9.50. The molecule has 3 fully saturated rings. The maximum Gasteiger partial charge on any atom is 0.319 e.